The summed E-state index contributed by atoms with van der Waals surface area (Å²) >= 11 is 0. The zero-order valence-corrected chi connectivity index (χ0v) is 6.42. The molecule has 0 spiro atoms. The molecule has 0 aliphatic carbocycles. The van der Waals surface area contributed by atoms with Gasteiger partial charge >= 0.3 is 0 Å². The minimum absolute atomic E-state index is 0.944. The second-order valence-corrected chi connectivity index (χ2v) is 2.26. The first kappa shape index (κ1) is 7.13. The molecule has 0 saturated heterocycles. The molecule has 0 N–H and O–H groups in total. The largest absolute Gasteiger partial charge is 0.462 e. The van der Waals surface area contributed by atoms with Gasteiger partial charge in [0, 0.05) is 0 Å². The van der Waals surface area contributed by atoms with E-state index in [1.54, 1.807) is 0 Å². The Morgan fingerprint density at radius 2 is 2.30 bits per heavy atom. The van der Waals surface area contributed by atoms with E-state index >= 15 is 0 Å². The average molecular weight is 136 g/mol. The minimum atomic E-state index is 0.944. The van der Waals surface area contributed by atoms with Crippen LogP contribution in [-0.4, -0.2) is 0 Å². The van der Waals surface area contributed by atoms with Crippen LogP contribution in [0.5, 0.6) is 0 Å². The van der Waals surface area contributed by atoms with Crippen molar-refractivity contribution in [1.82, 2.24) is 0 Å². The van der Waals surface area contributed by atoms with Gasteiger partial charge in [0.2, 0.25) is 0 Å². The number of rotatable bonds is 2. The van der Waals surface area contributed by atoms with Crippen LogP contribution in [0.25, 0.3) is 6.08 Å². The van der Waals surface area contributed by atoms with Gasteiger partial charge < -0.3 is 4.42 Å². The third-order valence-corrected chi connectivity index (χ3v) is 1.28. The second kappa shape index (κ2) is 3.25. The molecule has 1 rings (SSSR count). The molecule has 54 valence electrons. The van der Waals surface area contributed by atoms with E-state index in [4.69, 9.17) is 4.42 Å². The lowest BCUT2D eigenvalue weighted by Gasteiger charge is -1.82. The van der Waals surface area contributed by atoms with E-state index in [1.165, 1.54) is 0 Å². The monoisotopic (exact) mass is 136 g/mol. The summed E-state index contributed by atoms with van der Waals surface area (Å²) in [5.74, 6) is 1.91. The highest BCUT2D eigenvalue weighted by atomic mass is 16.3. The summed E-state index contributed by atoms with van der Waals surface area (Å²) in [6.07, 6.45) is 5.13. The van der Waals surface area contributed by atoms with Crippen molar-refractivity contribution in [3.63, 3.8) is 0 Å². The number of aryl methyl sites for hydroxylation is 1. The fourth-order valence-corrected chi connectivity index (χ4v) is 0.777. The molecule has 1 heteroatoms. The van der Waals surface area contributed by atoms with Crippen LogP contribution in [0.1, 0.15) is 24.9 Å². The average Bonchev–Trinajstić information content (AvgIpc) is 2.31. The highest BCUT2D eigenvalue weighted by Gasteiger charge is 1.90. The molecule has 0 radical (unpaired) electrons. The van der Waals surface area contributed by atoms with Crippen LogP contribution in [0.2, 0.25) is 0 Å². The molecule has 0 amide bonds. The summed E-state index contributed by atoms with van der Waals surface area (Å²) in [5.41, 5.74) is 0. The van der Waals surface area contributed by atoms with Crippen molar-refractivity contribution in [3.8, 4) is 0 Å². The van der Waals surface area contributed by atoms with Gasteiger partial charge in [-0.2, -0.15) is 0 Å². The van der Waals surface area contributed by atoms with Crippen molar-refractivity contribution in [2.75, 3.05) is 0 Å². The molecule has 1 nitrogen and oxygen atoms in total. The van der Waals surface area contributed by atoms with E-state index in [0.717, 1.165) is 17.9 Å². The van der Waals surface area contributed by atoms with Crippen LogP contribution >= 0.6 is 0 Å². The third kappa shape index (κ3) is 1.76. The Kier molecular flexibility index (Phi) is 2.32. The van der Waals surface area contributed by atoms with Gasteiger partial charge in [0.15, 0.2) is 0 Å². The number of allylic oxidation sites excluding steroid dienone is 1. The Morgan fingerprint density at radius 1 is 1.50 bits per heavy atom. The SMILES string of the molecule is CCC=Cc1ccc(C)o1. The Hall–Kier alpha value is -0.980. The van der Waals surface area contributed by atoms with Crippen LogP contribution in [0.15, 0.2) is 22.6 Å². The van der Waals surface area contributed by atoms with Crippen LogP contribution in [-0.2, 0) is 0 Å². The van der Waals surface area contributed by atoms with Crippen molar-refractivity contribution in [2.45, 2.75) is 20.3 Å². The molecule has 0 saturated carbocycles. The van der Waals surface area contributed by atoms with Crippen LogP contribution < -0.4 is 0 Å². The summed E-state index contributed by atoms with van der Waals surface area (Å²) in [4.78, 5) is 0. The topological polar surface area (TPSA) is 13.1 Å². The lowest BCUT2D eigenvalue weighted by molar-refractivity contribution is 0.525. The fraction of sp³-hybridized carbons (Fsp3) is 0.333. The molecule has 0 aromatic carbocycles. The molecule has 10 heavy (non-hydrogen) atoms. The highest BCUT2D eigenvalue weighted by Crippen LogP contribution is 2.07. The lowest BCUT2D eigenvalue weighted by Crippen LogP contribution is -1.59. The molecule has 0 aliphatic heterocycles. The Labute approximate surface area is 61.4 Å². The lowest BCUT2D eigenvalue weighted by atomic mass is 10.3. The molecule has 1 aromatic rings. The van der Waals surface area contributed by atoms with Gasteiger partial charge in [0.25, 0.3) is 0 Å². The van der Waals surface area contributed by atoms with Crippen molar-refractivity contribution in [2.24, 2.45) is 0 Å². The fourth-order valence-electron chi connectivity index (χ4n) is 0.777. The molecular formula is C9H12O. The number of hydrogen-bond acceptors (Lipinski definition) is 1. The summed E-state index contributed by atoms with van der Waals surface area (Å²) < 4.78 is 5.30. The standard InChI is InChI=1S/C9H12O/c1-3-4-5-9-7-6-8(2)10-9/h4-7H,3H2,1-2H3. The summed E-state index contributed by atoms with van der Waals surface area (Å²) in [7, 11) is 0. The van der Waals surface area contributed by atoms with E-state index in [2.05, 4.69) is 13.0 Å². The van der Waals surface area contributed by atoms with E-state index in [9.17, 15) is 0 Å². The van der Waals surface area contributed by atoms with Gasteiger partial charge in [-0.3, -0.25) is 0 Å². The molecular weight excluding hydrogens is 124 g/mol. The van der Waals surface area contributed by atoms with Crippen molar-refractivity contribution < 1.29 is 4.42 Å². The van der Waals surface area contributed by atoms with E-state index in [0.29, 0.717) is 0 Å². The quantitative estimate of drug-likeness (QED) is 0.609. The minimum Gasteiger partial charge on any atom is -0.462 e. The molecule has 0 bridgehead atoms. The Bertz CT molecular complexity index is 220. The first-order chi connectivity index (χ1) is 4.83. The maximum absolute atomic E-state index is 5.30. The zero-order valence-electron chi connectivity index (χ0n) is 6.42. The highest BCUT2D eigenvalue weighted by molar-refractivity contribution is 5.42. The maximum Gasteiger partial charge on any atom is 0.126 e. The van der Waals surface area contributed by atoms with E-state index in [-0.39, 0.29) is 0 Å². The van der Waals surface area contributed by atoms with E-state index in [1.807, 2.05) is 25.1 Å². The van der Waals surface area contributed by atoms with Gasteiger partial charge in [-0.05, 0) is 31.6 Å². The summed E-state index contributed by atoms with van der Waals surface area (Å²) in [5, 5.41) is 0. The number of furan rings is 1. The second-order valence-electron chi connectivity index (χ2n) is 2.26. The Balaban J connectivity index is 2.67. The zero-order chi connectivity index (χ0) is 7.40. The first-order valence-electron chi connectivity index (χ1n) is 3.56. The predicted octanol–water partition coefficient (Wildman–Crippen LogP) is 3.01. The normalized spacial score (nSPS) is 11.0. The van der Waals surface area contributed by atoms with Gasteiger partial charge in [0.1, 0.15) is 11.5 Å². The van der Waals surface area contributed by atoms with Crippen molar-refractivity contribution in [3.05, 3.63) is 29.7 Å². The first-order valence-corrected chi connectivity index (χ1v) is 3.56. The molecule has 1 aromatic heterocycles. The van der Waals surface area contributed by atoms with Gasteiger partial charge in [-0.1, -0.05) is 13.0 Å². The van der Waals surface area contributed by atoms with Crippen LogP contribution in [0.3, 0.4) is 0 Å². The van der Waals surface area contributed by atoms with Gasteiger partial charge in [-0.25, -0.2) is 0 Å². The predicted molar refractivity (Wildman–Crippen MR) is 42.8 cm³/mol. The molecule has 0 unspecified atom stereocenters. The van der Waals surface area contributed by atoms with Crippen molar-refractivity contribution in [1.29, 1.82) is 0 Å². The smallest absolute Gasteiger partial charge is 0.126 e. The van der Waals surface area contributed by atoms with E-state index < -0.39 is 0 Å². The van der Waals surface area contributed by atoms with Crippen LogP contribution in [0.4, 0.5) is 0 Å². The molecule has 0 fully saturated rings. The van der Waals surface area contributed by atoms with Gasteiger partial charge in [0.05, 0.1) is 0 Å². The molecule has 0 atom stereocenters. The third-order valence-electron chi connectivity index (χ3n) is 1.28. The van der Waals surface area contributed by atoms with Crippen molar-refractivity contribution >= 4 is 6.08 Å². The number of hydrogen-bond donors (Lipinski definition) is 0. The summed E-state index contributed by atoms with van der Waals surface area (Å²) in [6.45, 7) is 4.05. The Morgan fingerprint density at radius 3 is 2.80 bits per heavy atom. The molecule has 1 heterocycles. The molecule has 0 aliphatic rings. The van der Waals surface area contributed by atoms with Crippen LogP contribution in [0, 0.1) is 6.92 Å². The van der Waals surface area contributed by atoms with Gasteiger partial charge in [-0.15, -0.1) is 0 Å². The summed E-state index contributed by atoms with van der Waals surface area (Å²) in [6, 6.07) is 3.94. The maximum atomic E-state index is 5.30.